The number of pyridine rings is 1. The first-order valence-electron chi connectivity index (χ1n) is 11.1. The van der Waals surface area contributed by atoms with Gasteiger partial charge in [-0.05, 0) is 43.6 Å². The molecule has 2 saturated heterocycles. The van der Waals surface area contributed by atoms with Crippen LogP contribution in [0.5, 0.6) is 0 Å². The average molecular weight is 405 g/mol. The molecule has 0 radical (unpaired) electrons. The molecule has 30 heavy (non-hydrogen) atoms. The van der Waals surface area contributed by atoms with Crippen molar-refractivity contribution in [2.24, 2.45) is 5.92 Å². The van der Waals surface area contributed by atoms with Crippen LogP contribution in [0.2, 0.25) is 0 Å². The fourth-order valence-electron chi connectivity index (χ4n) is 4.37. The second-order valence-corrected chi connectivity index (χ2v) is 8.31. The monoisotopic (exact) mass is 404 g/mol. The highest BCUT2D eigenvalue weighted by Crippen LogP contribution is 2.21. The fraction of sp³-hybridized carbons (Fsp3) is 0.440. The Morgan fingerprint density at radius 2 is 1.63 bits per heavy atom. The van der Waals surface area contributed by atoms with Gasteiger partial charge in [-0.15, -0.1) is 0 Å². The lowest BCUT2D eigenvalue weighted by Crippen LogP contribution is -2.51. The van der Waals surface area contributed by atoms with Crippen molar-refractivity contribution in [2.75, 3.05) is 45.8 Å². The van der Waals surface area contributed by atoms with E-state index in [1.54, 1.807) is 0 Å². The Kier molecular flexibility index (Phi) is 7.27. The van der Waals surface area contributed by atoms with E-state index in [9.17, 15) is 4.79 Å². The van der Waals surface area contributed by atoms with Gasteiger partial charge in [0.1, 0.15) is 0 Å². The maximum atomic E-state index is 13.0. The van der Waals surface area contributed by atoms with E-state index in [1.807, 2.05) is 24.4 Å². The number of amides is 1. The van der Waals surface area contributed by atoms with Crippen molar-refractivity contribution in [3.05, 3.63) is 72.1 Å². The highest BCUT2D eigenvalue weighted by Gasteiger charge is 2.30. The molecular formula is C25H32N4O. The summed E-state index contributed by atoms with van der Waals surface area (Å²) >= 11 is 0. The van der Waals surface area contributed by atoms with Crippen molar-refractivity contribution in [2.45, 2.75) is 19.4 Å². The zero-order chi connectivity index (χ0) is 20.6. The van der Waals surface area contributed by atoms with E-state index in [-0.39, 0.29) is 5.92 Å². The molecule has 0 bridgehead atoms. The number of likely N-dealkylation sites (tertiary alicyclic amines) is 1. The SMILES string of the molecule is O=C(C1CCN(Cc2ccccn2)CC1)N1CCN(CC=Cc2ccccc2)CC1. The Bertz CT molecular complexity index is 808. The summed E-state index contributed by atoms with van der Waals surface area (Å²) in [4.78, 5) is 24.3. The molecule has 0 atom stereocenters. The van der Waals surface area contributed by atoms with E-state index in [0.29, 0.717) is 5.91 Å². The first-order chi connectivity index (χ1) is 14.8. The fourth-order valence-corrected chi connectivity index (χ4v) is 4.37. The summed E-state index contributed by atoms with van der Waals surface area (Å²) in [6.45, 7) is 7.43. The van der Waals surface area contributed by atoms with Gasteiger partial charge in [-0.2, -0.15) is 0 Å². The van der Waals surface area contributed by atoms with Crippen LogP contribution in [0.3, 0.4) is 0 Å². The summed E-state index contributed by atoms with van der Waals surface area (Å²) in [6.07, 6.45) is 8.18. The molecule has 0 aliphatic carbocycles. The molecule has 4 rings (SSSR count). The first-order valence-corrected chi connectivity index (χ1v) is 11.1. The minimum atomic E-state index is 0.189. The molecule has 2 fully saturated rings. The highest BCUT2D eigenvalue weighted by molar-refractivity contribution is 5.79. The Labute approximate surface area is 180 Å². The van der Waals surface area contributed by atoms with Gasteiger partial charge in [0, 0.05) is 51.4 Å². The van der Waals surface area contributed by atoms with Crippen molar-refractivity contribution in [1.82, 2.24) is 19.7 Å². The van der Waals surface area contributed by atoms with Gasteiger partial charge >= 0.3 is 0 Å². The third-order valence-corrected chi connectivity index (χ3v) is 6.21. The quantitative estimate of drug-likeness (QED) is 0.742. The van der Waals surface area contributed by atoms with Gasteiger partial charge < -0.3 is 4.90 Å². The van der Waals surface area contributed by atoms with E-state index in [2.05, 4.69) is 62.2 Å². The molecule has 1 aromatic carbocycles. The van der Waals surface area contributed by atoms with E-state index in [1.165, 1.54) is 5.56 Å². The summed E-state index contributed by atoms with van der Waals surface area (Å²) in [5.41, 5.74) is 2.35. The lowest BCUT2D eigenvalue weighted by atomic mass is 9.95. The molecule has 2 aliphatic heterocycles. The maximum absolute atomic E-state index is 13.0. The molecule has 158 valence electrons. The van der Waals surface area contributed by atoms with Crippen LogP contribution in [0.1, 0.15) is 24.1 Å². The molecule has 0 N–H and O–H groups in total. The topological polar surface area (TPSA) is 39.7 Å². The van der Waals surface area contributed by atoms with Gasteiger partial charge in [-0.25, -0.2) is 0 Å². The molecule has 5 heteroatoms. The molecule has 5 nitrogen and oxygen atoms in total. The largest absolute Gasteiger partial charge is 0.340 e. The number of aromatic nitrogens is 1. The zero-order valence-corrected chi connectivity index (χ0v) is 17.7. The van der Waals surface area contributed by atoms with Crippen LogP contribution in [0.25, 0.3) is 6.08 Å². The number of carbonyl (C=O) groups is 1. The molecule has 0 spiro atoms. The van der Waals surface area contributed by atoms with E-state index in [4.69, 9.17) is 0 Å². The summed E-state index contributed by atoms with van der Waals surface area (Å²) in [5, 5.41) is 0. The number of rotatable bonds is 6. The van der Waals surface area contributed by atoms with Crippen LogP contribution in [0.4, 0.5) is 0 Å². The van der Waals surface area contributed by atoms with Crippen molar-refractivity contribution in [3.63, 3.8) is 0 Å². The second-order valence-electron chi connectivity index (χ2n) is 8.31. The van der Waals surface area contributed by atoms with E-state index in [0.717, 1.165) is 70.9 Å². The van der Waals surface area contributed by atoms with Gasteiger partial charge in [-0.1, -0.05) is 48.6 Å². The number of piperidine rings is 1. The van der Waals surface area contributed by atoms with E-state index >= 15 is 0 Å². The molecule has 2 aromatic rings. The molecular weight excluding hydrogens is 372 g/mol. The van der Waals surface area contributed by atoms with Crippen LogP contribution in [0.15, 0.2) is 60.8 Å². The third-order valence-electron chi connectivity index (χ3n) is 6.21. The number of piperazine rings is 1. The van der Waals surface area contributed by atoms with Crippen LogP contribution >= 0.6 is 0 Å². The van der Waals surface area contributed by atoms with Gasteiger partial charge in [0.25, 0.3) is 0 Å². The zero-order valence-electron chi connectivity index (χ0n) is 17.7. The smallest absolute Gasteiger partial charge is 0.225 e. The lowest BCUT2D eigenvalue weighted by molar-refractivity contribution is -0.138. The Morgan fingerprint density at radius 1 is 0.900 bits per heavy atom. The van der Waals surface area contributed by atoms with Gasteiger partial charge in [0.05, 0.1) is 5.69 Å². The van der Waals surface area contributed by atoms with Crippen molar-refractivity contribution in [3.8, 4) is 0 Å². The third kappa shape index (κ3) is 5.77. The summed E-state index contributed by atoms with van der Waals surface area (Å²) in [7, 11) is 0. The molecule has 2 aliphatic rings. The van der Waals surface area contributed by atoms with Crippen LogP contribution in [-0.4, -0.2) is 71.4 Å². The molecule has 1 amide bonds. The number of nitrogens with zero attached hydrogens (tertiary/aromatic N) is 4. The number of hydrogen-bond donors (Lipinski definition) is 0. The van der Waals surface area contributed by atoms with Crippen LogP contribution in [-0.2, 0) is 11.3 Å². The van der Waals surface area contributed by atoms with Gasteiger partial charge in [0.2, 0.25) is 5.91 Å². The predicted molar refractivity (Wildman–Crippen MR) is 121 cm³/mol. The first kappa shape index (κ1) is 20.8. The summed E-state index contributed by atoms with van der Waals surface area (Å²) in [6, 6.07) is 16.5. The molecule has 3 heterocycles. The normalized spacial score (nSPS) is 19.4. The molecule has 0 saturated carbocycles. The standard InChI is InChI=1S/C25H32N4O/c30-25(23-11-15-28(16-12-23)21-24-10-4-5-13-26-24)29-19-17-27(18-20-29)14-6-9-22-7-2-1-3-8-22/h1-10,13,23H,11-12,14-21H2. The lowest BCUT2D eigenvalue weighted by Gasteiger charge is -2.38. The van der Waals surface area contributed by atoms with Crippen molar-refractivity contribution in [1.29, 1.82) is 0 Å². The van der Waals surface area contributed by atoms with Crippen molar-refractivity contribution >= 4 is 12.0 Å². The second kappa shape index (κ2) is 10.5. The summed E-state index contributed by atoms with van der Waals surface area (Å²) in [5.74, 6) is 0.557. The van der Waals surface area contributed by atoms with Crippen LogP contribution in [0, 0.1) is 5.92 Å². The highest BCUT2D eigenvalue weighted by atomic mass is 16.2. The number of carbonyl (C=O) groups excluding carboxylic acids is 1. The van der Waals surface area contributed by atoms with Crippen LogP contribution < -0.4 is 0 Å². The minimum absolute atomic E-state index is 0.189. The van der Waals surface area contributed by atoms with Gasteiger partial charge in [-0.3, -0.25) is 19.6 Å². The average Bonchev–Trinajstić information content (AvgIpc) is 2.81. The Balaban J connectivity index is 1.17. The van der Waals surface area contributed by atoms with E-state index < -0.39 is 0 Å². The molecule has 1 aromatic heterocycles. The predicted octanol–water partition coefficient (Wildman–Crippen LogP) is 3.15. The maximum Gasteiger partial charge on any atom is 0.225 e. The van der Waals surface area contributed by atoms with Gasteiger partial charge in [0.15, 0.2) is 0 Å². The Morgan fingerprint density at radius 3 is 2.33 bits per heavy atom. The summed E-state index contributed by atoms with van der Waals surface area (Å²) < 4.78 is 0. The number of hydrogen-bond acceptors (Lipinski definition) is 4. The minimum Gasteiger partial charge on any atom is -0.340 e. The van der Waals surface area contributed by atoms with Crippen molar-refractivity contribution < 1.29 is 4.79 Å². The number of benzene rings is 1. The molecule has 0 unspecified atom stereocenters. The Hall–Kier alpha value is -2.50.